The van der Waals surface area contributed by atoms with Gasteiger partial charge < -0.3 is 4.90 Å². The average molecular weight is 539 g/mol. The van der Waals surface area contributed by atoms with Crippen molar-refractivity contribution in [3.8, 4) is 0 Å². The van der Waals surface area contributed by atoms with Crippen LogP contribution < -0.4 is 0 Å². The number of sulfonamides is 3. The van der Waals surface area contributed by atoms with Crippen molar-refractivity contribution in [1.82, 2.24) is 12.9 Å². The van der Waals surface area contributed by atoms with Gasteiger partial charge in [-0.25, -0.2) is 25.3 Å². The van der Waals surface area contributed by atoms with Gasteiger partial charge in [0.2, 0.25) is 0 Å². The van der Waals surface area contributed by atoms with Gasteiger partial charge in [0.15, 0.2) is 0 Å². The topological polar surface area (TPSA) is 112 Å². The van der Waals surface area contributed by atoms with Crippen LogP contribution in [0, 0.1) is 0 Å². The van der Waals surface area contributed by atoms with E-state index in [1.807, 2.05) is 0 Å². The summed E-state index contributed by atoms with van der Waals surface area (Å²) in [5.74, 6) is -7.39. The Morgan fingerprint density at radius 3 is 1.42 bits per heavy atom. The van der Waals surface area contributed by atoms with E-state index in [4.69, 9.17) is 0 Å². The highest BCUT2D eigenvalue weighted by Gasteiger charge is 2.84. The van der Waals surface area contributed by atoms with Crippen LogP contribution >= 0.6 is 0 Å². The second kappa shape index (κ2) is 7.85. The molecule has 9 nitrogen and oxygen atoms in total. The molecule has 0 unspecified atom stereocenters. The lowest BCUT2D eigenvalue weighted by atomic mass is 10.3. The molecule has 0 amide bonds. The van der Waals surface area contributed by atoms with E-state index in [9.17, 15) is 64.8 Å². The molecule has 1 fully saturated rings. The van der Waals surface area contributed by atoms with E-state index in [0.29, 0.717) is 0 Å². The lowest BCUT2D eigenvalue weighted by Gasteiger charge is -2.38. The Bertz CT molecular complexity index is 1000. The zero-order valence-electron chi connectivity index (χ0n) is 15.2. The Morgan fingerprint density at radius 2 is 1.06 bits per heavy atom. The van der Waals surface area contributed by atoms with Crippen molar-refractivity contribution in [1.29, 1.82) is 0 Å². The number of rotatable bonds is 7. The van der Waals surface area contributed by atoms with Gasteiger partial charge in [-0.1, -0.05) is 3.71 Å². The van der Waals surface area contributed by atoms with Crippen LogP contribution in [0.1, 0.15) is 0 Å². The predicted octanol–water partition coefficient (Wildman–Crippen LogP) is 0.496. The molecule has 21 heteroatoms. The second-order valence-electron chi connectivity index (χ2n) is 6.15. The summed E-state index contributed by atoms with van der Waals surface area (Å²) in [7, 11) is -21.1. The molecule has 1 aliphatic heterocycles. The summed E-state index contributed by atoms with van der Waals surface area (Å²) >= 11 is 0. The highest BCUT2D eigenvalue weighted by molar-refractivity contribution is 8.05. The van der Waals surface area contributed by atoms with Crippen LogP contribution in [0.15, 0.2) is 0 Å². The molecule has 0 radical (unpaired) electrons. The smallest absolute Gasteiger partial charge is 0.304 e. The lowest BCUT2D eigenvalue weighted by Crippen LogP contribution is -2.66. The molecule has 0 aromatic carbocycles. The summed E-state index contributed by atoms with van der Waals surface area (Å²) in [6.07, 6.45) is 0. The fraction of sp³-hybridized carbons (Fsp3) is 1.00. The average Bonchev–Trinajstić information content (AvgIpc) is 2.59. The number of nitrogens with zero attached hydrogens (tertiary/aromatic N) is 3. The Morgan fingerprint density at radius 1 is 0.677 bits per heavy atom. The number of piperazine rings is 1. The van der Waals surface area contributed by atoms with Crippen molar-refractivity contribution in [2.75, 3.05) is 40.3 Å². The van der Waals surface area contributed by atoms with Gasteiger partial charge in [0.25, 0.3) is 20.0 Å². The van der Waals surface area contributed by atoms with Gasteiger partial charge in [-0.05, 0) is 7.05 Å². The van der Waals surface area contributed by atoms with Crippen molar-refractivity contribution in [3.63, 3.8) is 0 Å². The lowest BCUT2D eigenvalue weighted by molar-refractivity contribution is -0.245. The molecule has 1 aliphatic rings. The molecule has 0 aromatic heterocycles. The standard InChI is InChI=1S/C10H14F9N3O6S3/c1-20-3-5-22(6-4-20)30(25,26)9(15,16)7(11,12)8(13,14)29(23,24)21(2)31(27,28)10(17,18)19/h3-6H2,1-2H3. The summed E-state index contributed by atoms with van der Waals surface area (Å²) < 4.78 is 188. The predicted molar refractivity (Wildman–Crippen MR) is 84.5 cm³/mol. The molecule has 0 aliphatic carbocycles. The SMILES string of the molecule is CN1CCN(S(=O)(=O)C(F)(F)C(F)(F)C(F)(F)S(=O)(=O)N(C)S(=O)(=O)C(F)(F)F)CC1. The largest absolute Gasteiger partial charge is 0.512 e. The van der Waals surface area contributed by atoms with Crippen molar-refractivity contribution in [3.05, 3.63) is 0 Å². The third-order valence-electron chi connectivity index (χ3n) is 4.15. The Kier molecular flexibility index (Phi) is 7.12. The minimum Gasteiger partial charge on any atom is -0.304 e. The van der Waals surface area contributed by atoms with E-state index in [0.717, 1.165) is 0 Å². The maximum atomic E-state index is 14.2. The molecule has 0 N–H and O–H groups in total. The quantitative estimate of drug-likeness (QED) is 0.433. The zero-order chi connectivity index (χ0) is 25.1. The molecular formula is C10H14F9N3O6S3. The highest BCUT2D eigenvalue weighted by atomic mass is 32.3. The van der Waals surface area contributed by atoms with Crippen molar-refractivity contribution in [2.24, 2.45) is 0 Å². The number of halogens is 9. The molecule has 1 heterocycles. The van der Waals surface area contributed by atoms with Crippen molar-refractivity contribution >= 4 is 30.1 Å². The molecule has 1 saturated heterocycles. The van der Waals surface area contributed by atoms with E-state index in [1.54, 1.807) is 0 Å². The third kappa shape index (κ3) is 4.11. The van der Waals surface area contributed by atoms with Crippen LogP contribution in [0.4, 0.5) is 39.5 Å². The number of alkyl halides is 9. The Balaban J connectivity index is 3.55. The Labute approximate surface area is 170 Å². The molecule has 0 saturated carbocycles. The minimum absolute atomic E-state index is 0.303. The maximum absolute atomic E-state index is 14.2. The van der Waals surface area contributed by atoms with Gasteiger partial charge >= 0.3 is 32.0 Å². The van der Waals surface area contributed by atoms with Crippen LogP contribution in [-0.2, 0) is 30.1 Å². The van der Waals surface area contributed by atoms with Gasteiger partial charge in [-0.15, -0.1) is 0 Å². The second-order valence-corrected chi connectivity index (χ2v) is 12.3. The monoisotopic (exact) mass is 539 g/mol. The first-order valence-corrected chi connectivity index (χ1v) is 11.8. The normalized spacial score (nSPS) is 19.7. The molecular weight excluding hydrogens is 525 g/mol. The first kappa shape index (κ1) is 28.1. The summed E-state index contributed by atoms with van der Waals surface area (Å²) in [6.45, 7) is -2.37. The molecule has 0 aromatic rings. The van der Waals surface area contributed by atoms with E-state index in [1.165, 1.54) is 11.9 Å². The first-order chi connectivity index (χ1) is 13.4. The molecule has 0 spiro atoms. The minimum atomic E-state index is -7.75. The van der Waals surface area contributed by atoms with Gasteiger partial charge in [0.05, 0.1) is 0 Å². The summed E-state index contributed by atoms with van der Waals surface area (Å²) in [5, 5.41) is -14.2. The maximum Gasteiger partial charge on any atom is 0.512 e. The van der Waals surface area contributed by atoms with Gasteiger partial charge in [0.1, 0.15) is 0 Å². The highest BCUT2D eigenvalue weighted by Crippen LogP contribution is 2.52. The Hall–Kier alpha value is -0.900. The van der Waals surface area contributed by atoms with E-state index in [-0.39, 0.29) is 17.4 Å². The molecule has 31 heavy (non-hydrogen) atoms. The molecule has 1 rings (SSSR count). The third-order valence-corrected chi connectivity index (χ3v) is 10.1. The van der Waals surface area contributed by atoms with Gasteiger partial charge in [0, 0.05) is 33.2 Å². The fourth-order valence-corrected chi connectivity index (χ4v) is 6.24. The molecule has 0 atom stereocenters. The van der Waals surface area contributed by atoms with Crippen LogP contribution in [0.5, 0.6) is 0 Å². The zero-order valence-corrected chi connectivity index (χ0v) is 17.7. The van der Waals surface area contributed by atoms with Crippen LogP contribution in [-0.4, -0.2) is 100 Å². The number of hydrogen-bond acceptors (Lipinski definition) is 7. The van der Waals surface area contributed by atoms with Crippen LogP contribution in [0.3, 0.4) is 0 Å². The van der Waals surface area contributed by atoms with Gasteiger partial charge in [-0.3, -0.25) is 0 Å². The van der Waals surface area contributed by atoms with E-state index in [2.05, 4.69) is 0 Å². The van der Waals surface area contributed by atoms with E-state index >= 15 is 0 Å². The van der Waals surface area contributed by atoms with Crippen molar-refractivity contribution in [2.45, 2.75) is 21.9 Å². The first-order valence-electron chi connectivity index (χ1n) is 7.52. The van der Waals surface area contributed by atoms with Gasteiger partial charge in [-0.2, -0.15) is 43.8 Å². The number of hydrogen-bond donors (Lipinski definition) is 0. The number of likely N-dealkylation sites (N-methyl/N-ethyl adjacent to an activating group) is 1. The summed E-state index contributed by atoms with van der Waals surface area (Å²) in [5.41, 5.74) is -6.60. The summed E-state index contributed by atoms with van der Waals surface area (Å²) in [4.78, 5) is 1.35. The molecule has 0 bridgehead atoms. The van der Waals surface area contributed by atoms with E-state index < -0.39 is 75.9 Å². The van der Waals surface area contributed by atoms with Crippen LogP contribution in [0.2, 0.25) is 0 Å². The summed E-state index contributed by atoms with van der Waals surface area (Å²) in [6, 6.07) is 0. The fourth-order valence-electron chi connectivity index (χ4n) is 2.12. The van der Waals surface area contributed by atoms with Crippen molar-refractivity contribution < 1.29 is 64.8 Å². The molecule has 186 valence electrons. The van der Waals surface area contributed by atoms with Crippen LogP contribution in [0.25, 0.3) is 0 Å².